The quantitative estimate of drug-likeness (QED) is 0.0672. The number of fused-ring (bicyclic) bond motifs is 5. The molecule has 14 atom stereocenters. The molecule has 1 saturated heterocycles. The molecule has 3 aromatic rings. The van der Waals surface area contributed by atoms with Crippen LogP contribution in [-0.4, -0.2) is 40.3 Å². The van der Waals surface area contributed by atoms with Crippen LogP contribution in [0, 0.1) is 70.1 Å². The van der Waals surface area contributed by atoms with Gasteiger partial charge in [0, 0.05) is 59.2 Å². The second-order valence-electron chi connectivity index (χ2n) is 28.7. The van der Waals surface area contributed by atoms with E-state index in [1.165, 1.54) is 31.1 Å². The Hall–Kier alpha value is -4.88. The molecule has 11 rings (SSSR count). The highest BCUT2D eigenvalue weighted by molar-refractivity contribution is 5.87. The molecule has 1 amide bonds. The molecule has 6 aliphatic carbocycles. The highest BCUT2D eigenvalue weighted by Crippen LogP contribution is 2.67. The van der Waals surface area contributed by atoms with Crippen molar-refractivity contribution < 1.29 is 27.2 Å². The number of benzene rings is 3. The predicted molar refractivity (Wildman–Crippen MR) is 324 cm³/mol. The second-order valence-corrected chi connectivity index (χ2v) is 28.7. The average molecular weight is 1120 g/mol. The van der Waals surface area contributed by atoms with E-state index in [4.69, 9.17) is 6.58 Å². The van der Waals surface area contributed by atoms with Crippen LogP contribution in [0.15, 0.2) is 79.2 Å². The number of carbonyl (C=O) groups is 2. The van der Waals surface area contributed by atoms with Gasteiger partial charge in [-0.2, -0.15) is 0 Å². The number of hydrogen-bond acceptors (Lipinski definition) is 4. The fraction of sp³-hybridized carbons (Fsp3) is 0.630. The van der Waals surface area contributed by atoms with Crippen LogP contribution in [-0.2, 0) is 22.4 Å². The van der Waals surface area contributed by atoms with Crippen molar-refractivity contribution in [3.05, 3.63) is 141 Å². The zero-order chi connectivity index (χ0) is 58.1. The van der Waals surface area contributed by atoms with Crippen LogP contribution in [0.4, 0.5) is 23.2 Å². The van der Waals surface area contributed by atoms with E-state index in [0.29, 0.717) is 72.1 Å². The number of carbonyl (C=O) groups excluding carboxylic acids is 2. The number of anilines is 1. The van der Waals surface area contributed by atoms with E-state index in [1.807, 2.05) is 6.92 Å². The summed E-state index contributed by atoms with van der Waals surface area (Å²) in [4.78, 5) is 28.2. The van der Waals surface area contributed by atoms with E-state index in [0.717, 1.165) is 136 Å². The Labute approximate surface area is 489 Å². The molecule has 2 aliphatic heterocycles. The molecule has 6 fully saturated rings. The molecule has 2 N–H and O–H groups in total. The molecule has 0 spiro atoms. The van der Waals surface area contributed by atoms with Gasteiger partial charge in [-0.25, -0.2) is 17.6 Å². The zero-order valence-corrected chi connectivity index (χ0v) is 50.7. The Morgan fingerprint density at radius 2 is 1.49 bits per heavy atom. The normalized spacial score (nSPS) is 31.2. The number of nitrogens with zero attached hydrogens (tertiary/aromatic N) is 1. The highest BCUT2D eigenvalue weighted by Gasteiger charge is 2.63. The van der Waals surface area contributed by atoms with Crippen LogP contribution < -0.4 is 10.6 Å². The van der Waals surface area contributed by atoms with Crippen molar-refractivity contribution in [3.63, 3.8) is 0 Å². The first kappa shape index (κ1) is 58.9. The summed E-state index contributed by atoms with van der Waals surface area (Å²) in [5, 5.41) is 7.02. The molecule has 442 valence electrons. The third kappa shape index (κ3) is 10.8. The number of aryl methyl sites for hydroxylation is 1. The summed E-state index contributed by atoms with van der Waals surface area (Å²) in [6.45, 7) is 28.0. The molecule has 9 heteroatoms. The van der Waals surface area contributed by atoms with Gasteiger partial charge in [0.25, 0.3) is 0 Å². The molecule has 3 aromatic carbocycles. The predicted octanol–water partition coefficient (Wildman–Crippen LogP) is 18.2. The van der Waals surface area contributed by atoms with E-state index in [9.17, 15) is 9.59 Å². The van der Waals surface area contributed by atoms with E-state index in [2.05, 4.69) is 88.1 Å². The van der Waals surface area contributed by atoms with Crippen molar-refractivity contribution >= 4 is 17.4 Å². The van der Waals surface area contributed by atoms with Crippen molar-refractivity contribution in [2.45, 2.75) is 243 Å². The van der Waals surface area contributed by atoms with Gasteiger partial charge in [0.05, 0.1) is 6.04 Å². The van der Waals surface area contributed by atoms with Gasteiger partial charge in [-0.1, -0.05) is 119 Å². The molecule has 0 radical (unpaired) electrons. The highest BCUT2D eigenvalue weighted by atomic mass is 19.1. The average Bonchev–Trinajstić information content (AvgIpc) is 2.30. The van der Waals surface area contributed by atoms with Gasteiger partial charge in [-0.15, -0.1) is 5.73 Å². The largest absolute Gasteiger partial charge is 0.378 e. The molecule has 5 saturated carbocycles. The Kier molecular flexibility index (Phi) is 16.9. The van der Waals surface area contributed by atoms with Gasteiger partial charge in [0.15, 0.2) is 0 Å². The minimum atomic E-state index is -0.558. The Morgan fingerprint density at radius 1 is 0.805 bits per heavy atom. The minimum Gasteiger partial charge on any atom is -0.378 e. The maximum atomic E-state index is 17.4. The molecular formula is C73H95F4N3O2. The maximum absolute atomic E-state index is 17.4. The minimum absolute atomic E-state index is 0.0785. The number of hydrogen-bond donors (Lipinski definition) is 2. The van der Waals surface area contributed by atoms with Crippen molar-refractivity contribution in [3.8, 4) is 0 Å². The summed E-state index contributed by atoms with van der Waals surface area (Å²) < 4.78 is 68.4. The molecule has 0 bridgehead atoms. The smallest absolute Gasteiger partial charge is 0.243 e. The lowest BCUT2D eigenvalue weighted by molar-refractivity contribution is -0.120. The number of allylic oxidation sites excluding steroid dienone is 1. The molecule has 4 unspecified atom stereocenters. The molecule has 8 aliphatic rings. The first-order valence-corrected chi connectivity index (χ1v) is 32.5. The molecule has 5 nitrogen and oxygen atoms in total. The fourth-order valence-corrected chi connectivity index (χ4v) is 18.8. The number of Topliss-reactive ketones (excluding diaryl/α,β-unsaturated/α-hetero) is 1. The van der Waals surface area contributed by atoms with Crippen LogP contribution in [0.25, 0.3) is 0 Å². The molecule has 82 heavy (non-hydrogen) atoms. The van der Waals surface area contributed by atoms with Crippen molar-refractivity contribution in [1.82, 2.24) is 10.2 Å². The summed E-state index contributed by atoms with van der Waals surface area (Å²) in [5.74, 6) is -0.553. The van der Waals surface area contributed by atoms with Crippen LogP contribution in [0.1, 0.15) is 245 Å². The lowest BCUT2D eigenvalue weighted by atomic mass is 9.66. The monoisotopic (exact) mass is 1120 g/mol. The fourth-order valence-electron chi connectivity index (χ4n) is 18.8. The maximum Gasteiger partial charge on any atom is 0.243 e. The number of ketones is 1. The summed E-state index contributed by atoms with van der Waals surface area (Å²) in [5.41, 5.74) is 11.0. The van der Waals surface area contributed by atoms with Gasteiger partial charge in [0.1, 0.15) is 29.1 Å². The van der Waals surface area contributed by atoms with Gasteiger partial charge in [-0.3, -0.25) is 9.59 Å². The van der Waals surface area contributed by atoms with Crippen molar-refractivity contribution in [2.75, 3.05) is 5.32 Å². The van der Waals surface area contributed by atoms with Crippen LogP contribution >= 0.6 is 0 Å². The van der Waals surface area contributed by atoms with E-state index in [-0.39, 0.29) is 81.5 Å². The number of halogens is 4. The lowest BCUT2D eigenvalue weighted by Crippen LogP contribution is -2.49. The number of likely N-dealkylation sites (tertiary alicyclic amines) is 1. The molecule has 0 aromatic heterocycles. The SMILES string of the molecule is C=C=C(C[C@H]1CCC[C@H]1C[C@H](C)C12CC1c1cc([C@H]3CC[C@H](c4cc5c(cc4F)CCC(C)([C@@H]4C[C@@H]6CCC[C@@H]6N4C(=C)[C@@H](CC(=O)CC)C(C)C)C5)C3c3cc(F)c(C4CCCCC4)c(F)c3)c(F)cc1N2)[C@@H](NC(=O)C=C)C(C)C. The third-order valence-electron chi connectivity index (χ3n) is 23.4. The zero-order valence-electron chi connectivity index (χ0n) is 50.7. The standard InChI is InChI=1S/C73H95F4N3O2/c1-11-45(71(42(6)7)78-68(82)13-3)30-48-22-17-21-47(48)29-43(8)73-40-60(73)59-37-58(62(75)38-65(59)79-73)55-26-25-54(69(55)51-33-63(76)70(64(77)34-51)46-19-15-14-16-20-46)57-31-52-39-72(10,28-27-49(52)32-61(57)74)67-35-50-23-18-24-66(50)80(67)44(9)56(41(4)5)36-53(81)12-2/h13,31-34,37-38,41-43,46-48,50,54-56,60,66-67,69,71,79H,1,3,9,12,14-30,35-36,39-40H2,2,4-8,10H3,(H,78,82)/t43-,47-,48+,50-,54+,55+,56-,60?,66-,67-,69?,71-,72?,73?/m0/s1. The number of amides is 1. The van der Waals surface area contributed by atoms with Gasteiger partial charge < -0.3 is 15.5 Å². The van der Waals surface area contributed by atoms with E-state index < -0.39 is 29.4 Å². The van der Waals surface area contributed by atoms with Crippen LogP contribution in [0.3, 0.4) is 0 Å². The number of nitrogens with one attached hydrogen (secondary N) is 2. The summed E-state index contributed by atoms with van der Waals surface area (Å²) in [7, 11) is 0. The first-order chi connectivity index (χ1) is 39.3. The van der Waals surface area contributed by atoms with Gasteiger partial charge in [0.2, 0.25) is 5.91 Å². The Bertz CT molecular complexity index is 2980. The van der Waals surface area contributed by atoms with Gasteiger partial charge in [-0.05, 0) is 224 Å². The number of rotatable bonds is 20. The summed E-state index contributed by atoms with van der Waals surface area (Å²) >= 11 is 0. The Balaban J connectivity index is 0.886. The van der Waals surface area contributed by atoms with Crippen molar-refractivity contribution in [1.29, 1.82) is 0 Å². The topological polar surface area (TPSA) is 61.4 Å². The second kappa shape index (κ2) is 23.5. The lowest BCUT2D eigenvalue weighted by Gasteiger charge is -2.48. The van der Waals surface area contributed by atoms with Gasteiger partial charge >= 0.3 is 0 Å². The third-order valence-corrected chi connectivity index (χ3v) is 23.4. The van der Waals surface area contributed by atoms with E-state index >= 15 is 17.6 Å². The summed E-state index contributed by atoms with van der Waals surface area (Å²) in [6, 6.07) is 11.2. The van der Waals surface area contributed by atoms with Crippen LogP contribution in [0.5, 0.6) is 0 Å². The molecule has 2 heterocycles. The Morgan fingerprint density at radius 3 is 2.16 bits per heavy atom. The first-order valence-electron chi connectivity index (χ1n) is 32.5. The van der Waals surface area contributed by atoms with E-state index in [1.54, 1.807) is 12.1 Å². The summed E-state index contributed by atoms with van der Waals surface area (Å²) in [6.07, 6.45) is 21.3. The van der Waals surface area contributed by atoms with Crippen LogP contribution in [0.2, 0.25) is 0 Å². The molecular weight excluding hydrogens is 1030 g/mol. The van der Waals surface area contributed by atoms with Crippen molar-refractivity contribution in [2.24, 2.45) is 46.8 Å².